The minimum absolute atomic E-state index is 0.572. The molecule has 0 saturated carbocycles. The second-order valence-electron chi connectivity index (χ2n) is 4.04. The average Bonchev–Trinajstić information content (AvgIpc) is 2.46. The minimum Gasteiger partial charge on any atom is -0.309 e. The second kappa shape index (κ2) is 5.96. The van der Waals surface area contributed by atoms with Crippen LogP contribution in [0.15, 0.2) is 48.7 Å². The molecule has 2 rings (SSSR count). The quantitative estimate of drug-likeness (QED) is 0.753. The van der Waals surface area contributed by atoms with Crippen LogP contribution in [0.3, 0.4) is 0 Å². The smallest absolute Gasteiger partial charge is 0.214 e. The highest BCUT2D eigenvalue weighted by Crippen LogP contribution is 2.19. The van der Waals surface area contributed by atoms with E-state index in [2.05, 4.69) is 4.98 Å². The number of amides is 1. The molecule has 0 bridgehead atoms. The summed E-state index contributed by atoms with van der Waals surface area (Å²) >= 11 is 0. The van der Waals surface area contributed by atoms with Gasteiger partial charge in [0, 0.05) is 6.20 Å². The molecule has 0 aliphatic rings. The van der Waals surface area contributed by atoms with Crippen molar-refractivity contribution >= 4 is 12.1 Å². The van der Waals surface area contributed by atoms with Gasteiger partial charge >= 0.3 is 0 Å². The molecule has 3 nitrogen and oxygen atoms in total. The van der Waals surface area contributed by atoms with Crippen LogP contribution in [0.25, 0.3) is 0 Å². The van der Waals surface area contributed by atoms with Gasteiger partial charge in [0.15, 0.2) is 0 Å². The first-order valence-electron chi connectivity index (χ1n) is 6.05. The molecule has 0 saturated heterocycles. The first kappa shape index (κ1) is 12.3. The van der Waals surface area contributed by atoms with E-state index in [0.717, 1.165) is 29.8 Å². The fourth-order valence-corrected chi connectivity index (χ4v) is 1.92. The van der Waals surface area contributed by atoms with Crippen molar-refractivity contribution in [2.24, 2.45) is 0 Å². The Morgan fingerprint density at radius 3 is 2.61 bits per heavy atom. The number of anilines is 1. The zero-order chi connectivity index (χ0) is 12.8. The third-order valence-electron chi connectivity index (χ3n) is 2.83. The number of nitrogens with zero attached hydrogens (tertiary/aromatic N) is 2. The SMILES string of the molecule is CCc1ncccc1N(C=O)Cc1ccccc1. The summed E-state index contributed by atoms with van der Waals surface area (Å²) in [6, 6.07) is 13.7. The number of hydrogen-bond acceptors (Lipinski definition) is 2. The fourth-order valence-electron chi connectivity index (χ4n) is 1.92. The number of benzene rings is 1. The van der Waals surface area contributed by atoms with E-state index in [-0.39, 0.29) is 0 Å². The number of aryl methyl sites for hydroxylation is 1. The summed E-state index contributed by atoms with van der Waals surface area (Å²) in [5.74, 6) is 0. The van der Waals surface area contributed by atoms with Crippen LogP contribution >= 0.6 is 0 Å². The van der Waals surface area contributed by atoms with Gasteiger partial charge in [0.2, 0.25) is 6.41 Å². The molecule has 92 valence electrons. The normalized spacial score (nSPS) is 10.1. The molecule has 0 unspecified atom stereocenters. The lowest BCUT2D eigenvalue weighted by Gasteiger charge is -2.19. The van der Waals surface area contributed by atoms with E-state index in [4.69, 9.17) is 0 Å². The molecule has 1 heterocycles. The Balaban J connectivity index is 2.26. The van der Waals surface area contributed by atoms with E-state index < -0.39 is 0 Å². The minimum atomic E-state index is 0.572. The highest BCUT2D eigenvalue weighted by Gasteiger charge is 2.10. The Kier molecular flexibility index (Phi) is 4.07. The average molecular weight is 240 g/mol. The van der Waals surface area contributed by atoms with Crippen molar-refractivity contribution in [1.82, 2.24) is 4.98 Å². The van der Waals surface area contributed by atoms with Crippen LogP contribution in [0.4, 0.5) is 5.69 Å². The summed E-state index contributed by atoms with van der Waals surface area (Å²) in [6.07, 6.45) is 3.44. The molecule has 0 atom stereocenters. The second-order valence-corrected chi connectivity index (χ2v) is 4.04. The highest BCUT2D eigenvalue weighted by atomic mass is 16.1. The summed E-state index contributed by atoms with van der Waals surface area (Å²) < 4.78 is 0. The van der Waals surface area contributed by atoms with E-state index in [1.165, 1.54) is 0 Å². The first-order chi connectivity index (χ1) is 8.85. The standard InChI is InChI=1S/C15H16N2O/c1-2-14-15(9-6-10-16-14)17(12-18)11-13-7-4-3-5-8-13/h3-10,12H,2,11H2,1H3. The highest BCUT2D eigenvalue weighted by molar-refractivity contribution is 5.76. The number of pyridine rings is 1. The lowest BCUT2D eigenvalue weighted by molar-refractivity contribution is -0.107. The summed E-state index contributed by atoms with van der Waals surface area (Å²) in [4.78, 5) is 17.3. The van der Waals surface area contributed by atoms with Crippen molar-refractivity contribution in [3.05, 3.63) is 59.9 Å². The number of carbonyl (C=O) groups excluding carboxylic acids is 1. The molecule has 1 amide bonds. The summed E-state index contributed by atoms with van der Waals surface area (Å²) in [5, 5.41) is 0. The van der Waals surface area contributed by atoms with Gasteiger partial charge in [-0.3, -0.25) is 9.78 Å². The van der Waals surface area contributed by atoms with E-state index >= 15 is 0 Å². The Labute approximate surface area is 107 Å². The Bertz CT molecular complexity index is 511. The van der Waals surface area contributed by atoms with Gasteiger partial charge in [-0.1, -0.05) is 37.3 Å². The number of carbonyl (C=O) groups is 1. The lowest BCUT2D eigenvalue weighted by Crippen LogP contribution is -2.22. The Morgan fingerprint density at radius 2 is 1.94 bits per heavy atom. The molecule has 3 heteroatoms. The van der Waals surface area contributed by atoms with E-state index in [0.29, 0.717) is 6.54 Å². The van der Waals surface area contributed by atoms with Crippen molar-refractivity contribution < 1.29 is 4.79 Å². The summed E-state index contributed by atoms with van der Waals surface area (Å²) in [5.41, 5.74) is 2.94. The molecule has 0 aliphatic heterocycles. The van der Waals surface area contributed by atoms with Crippen molar-refractivity contribution in [1.29, 1.82) is 0 Å². The molecule has 2 aromatic rings. The van der Waals surface area contributed by atoms with Gasteiger partial charge in [0.25, 0.3) is 0 Å². The van der Waals surface area contributed by atoms with E-state index in [1.807, 2.05) is 49.4 Å². The maximum absolute atomic E-state index is 11.3. The molecule has 0 spiro atoms. The topological polar surface area (TPSA) is 33.2 Å². The summed E-state index contributed by atoms with van der Waals surface area (Å²) in [6.45, 7) is 2.61. The molecule has 0 fully saturated rings. The van der Waals surface area contributed by atoms with Crippen molar-refractivity contribution in [2.45, 2.75) is 19.9 Å². The van der Waals surface area contributed by atoms with Crippen molar-refractivity contribution in [3.63, 3.8) is 0 Å². The predicted molar refractivity (Wildman–Crippen MR) is 72.3 cm³/mol. The fraction of sp³-hybridized carbons (Fsp3) is 0.200. The molecule has 0 N–H and O–H groups in total. The van der Waals surface area contributed by atoms with Crippen molar-refractivity contribution in [3.8, 4) is 0 Å². The molecule has 0 radical (unpaired) electrons. The maximum Gasteiger partial charge on any atom is 0.214 e. The Morgan fingerprint density at radius 1 is 1.17 bits per heavy atom. The molecular formula is C15H16N2O. The van der Waals surface area contributed by atoms with Gasteiger partial charge in [-0.15, -0.1) is 0 Å². The zero-order valence-electron chi connectivity index (χ0n) is 10.4. The summed E-state index contributed by atoms with van der Waals surface area (Å²) in [7, 11) is 0. The number of rotatable bonds is 5. The molecule has 1 aromatic heterocycles. The monoisotopic (exact) mass is 240 g/mol. The van der Waals surface area contributed by atoms with Gasteiger partial charge in [-0.25, -0.2) is 0 Å². The van der Waals surface area contributed by atoms with Crippen LogP contribution in [0.5, 0.6) is 0 Å². The lowest BCUT2D eigenvalue weighted by atomic mass is 10.2. The van der Waals surface area contributed by atoms with Crippen LogP contribution in [-0.4, -0.2) is 11.4 Å². The van der Waals surface area contributed by atoms with Gasteiger partial charge in [0.05, 0.1) is 17.9 Å². The first-order valence-corrected chi connectivity index (χ1v) is 6.05. The van der Waals surface area contributed by atoms with Gasteiger partial charge in [-0.2, -0.15) is 0 Å². The molecule has 1 aromatic carbocycles. The van der Waals surface area contributed by atoms with E-state index in [9.17, 15) is 4.79 Å². The van der Waals surface area contributed by atoms with Crippen LogP contribution in [0.2, 0.25) is 0 Å². The van der Waals surface area contributed by atoms with Crippen LogP contribution in [-0.2, 0) is 17.8 Å². The van der Waals surface area contributed by atoms with Gasteiger partial charge in [0.1, 0.15) is 0 Å². The molecule has 18 heavy (non-hydrogen) atoms. The molecule has 0 aliphatic carbocycles. The van der Waals surface area contributed by atoms with Crippen LogP contribution in [0.1, 0.15) is 18.2 Å². The zero-order valence-corrected chi connectivity index (χ0v) is 10.4. The maximum atomic E-state index is 11.3. The largest absolute Gasteiger partial charge is 0.309 e. The van der Waals surface area contributed by atoms with E-state index in [1.54, 1.807) is 11.1 Å². The molecular weight excluding hydrogens is 224 g/mol. The van der Waals surface area contributed by atoms with Crippen LogP contribution < -0.4 is 4.90 Å². The third-order valence-corrected chi connectivity index (χ3v) is 2.83. The number of aromatic nitrogens is 1. The van der Waals surface area contributed by atoms with Gasteiger partial charge < -0.3 is 4.90 Å². The predicted octanol–water partition coefficient (Wildman–Crippen LogP) is 2.81. The van der Waals surface area contributed by atoms with Crippen molar-refractivity contribution in [2.75, 3.05) is 4.90 Å². The number of hydrogen-bond donors (Lipinski definition) is 0. The van der Waals surface area contributed by atoms with Gasteiger partial charge in [-0.05, 0) is 24.1 Å². The third kappa shape index (κ3) is 2.74. The Hall–Kier alpha value is -2.16. The van der Waals surface area contributed by atoms with Crippen LogP contribution in [0, 0.1) is 0 Å².